The number of aromatic hydroxyl groups is 1. The van der Waals surface area contributed by atoms with Crippen LogP contribution in [0, 0.1) is 5.92 Å². The van der Waals surface area contributed by atoms with Gasteiger partial charge in [-0.25, -0.2) is 0 Å². The summed E-state index contributed by atoms with van der Waals surface area (Å²) >= 11 is 0. The molecule has 2 N–H and O–H groups in total. The van der Waals surface area contributed by atoms with Crippen molar-refractivity contribution in [2.45, 2.75) is 12.8 Å². The summed E-state index contributed by atoms with van der Waals surface area (Å²) < 4.78 is 0. The molecule has 0 radical (unpaired) electrons. The van der Waals surface area contributed by atoms with Crippen molar-refractivity contribution in [1.29, 1.82) is 0 Å². The fourth-order valence-corrected chi connectivity index (χ4v) is 1.83. The first-order chi connectivity index (χ1) is 6.74. The van der Waals surface area contributed by atoms with Crippen molar-refractivity contribution in [3.63, 3.8) is 0 Å². The molecule has 1 saturated heterocycles. The summed E-state index contributed by atoms with van der Waals surface area (Å²) in [6.07, 6.45) is 1.46. The lowest BCUT2D eigenvalue weighted by atomic mass is 9.98. The van der Waals surface area contributed by atoms with Crippen LogP contribution in [0.3, 0.4) is 0 Å². The maximum Gasteiger partial charge on any atom is 0.220 e. The Morgan fingerprint density at radius 1 is 1.50 bits per heavy atom. The van der Waals surface area contributed by atoms with Gasteiger partial charge in [0.05, 0.1) is 0 Å². The van der Waals surface area contributed by atoms with Gasteiger partial charge in [0, 0.05) is 13.0 Å². The average molecular weight is 191 g/mol. The first kappa shape index (κ1) is 9.06. The Balaban J connectivity index is 2.00. The van der Waals surface area contributed by atoms with E-state index in [1.165, 1.54) is 0 Å². The second kappa shape index (κ2) is 3.70. The predicted molar refractivity (Wildman–Crippen MR) is 52.9 cm³/mol. The highest BCUT2D eigenvalue weighted by molar-refractivity contribution is 5.78. The van der Waals surface area contributed by atoms with Crippen LogP contribution >= 0.6 is 0 Å². The van der Waals surface area contributed by atoms with Gasteiger partial charge in [-0.3, -0.25) is 4.79 Å². The van der Waals surface area contributed by atoms with Crippen LogP contribution in [-0.4, -0.2) is 17.6 Å². The van der Waals surface area contributed by atoms with E-state index in [4.69, 9.17) is 0 Å². The van der Waals surface area contributed by atoms with E-state index in [1.54, 1.807) is 12.1 Å². The van der Waals surface area contributed by atoms with Crippen molar-refractivity contribution in [2.75, 3.05) is 6.54 Å². The first-order valence-corrected chi connectivity index (χ1v) is 4.78. The van der Waals surface area contributed by atoms with E-state index in [0.717, 1.165) is 18.5 Å². The lowest BCUT2D eigenvalue weighted by Gasteiger charge is -2.06. The zero-order valence-electron chi connectivity index (χ0n) is 7.86. The van der Waals surface area contributed by atoms with Crippen LogP contribution in [0.2, 0.25) is 0 Å². The number of amides is 1. The molecule has 1 atom stereocenters. The average Bonchev–Trinajstić information content (AvgIpc) is 2.51. The van der Waals surface area contributed by atoms with Gasteiger partial charge in [-0.2, -0.15) is 0 Å². The maximum atomic E-state index is 11.0. The molecule has 0 saturated carbocycles. The van der Waals surface area contributed by atoms with Crippen LogP contribution in [0.5, 0.6) is 5.75 Å². The van der Waals surface area contributed by atoms with E-state index in [9.17, 15) is 9.90 Å². The Morgan fingerprint density at radius 2 is 2.36 bits per heavy atom. The van der Waals surface area contributed by atoms with Gasteiger partial charge < -0.3 is 10.4 Å². The molecule has 3 heteroatoms. The lowest BCUT2D eigenvalue weighted by Crippen LogP contribution is -2.14. The summed E-state index contributed by atoms with van der Waals surface area (Å²) in [6, 6.07) is 7.21. The Morgan fingerprint density at radius 3 is 3.00 bits per heavy atom. The van der Waals surface area contributed by atoms with Gasteiger partial charge in [0.25, 0.3) is 0 Å². The minimum Gasteiger partial charge on any atom is -0.508 e. The van der Waals surface area contributed by atoms with E-state index in [1.807, 2.05) is 12.1 Å². The third kappa shape index (κ3) is 2.05. The van der Waals surface area contributed by atoms with Gasteiger partial charge in [-0.05, 0) is 30.0 Å². The number of phenolic OH excluding ortho intramolecular Hbond substituents is 1. The Bertz CT molecular complexity index is 349. The monoisotopic (exact) mass is 191 g/mol. The van der Waals surface area contributed by atoms with Crippen molar-refractivity contribution >= 4 is 5.91 Å². The molecule has 1 aromatic rings. The first-order valence-electron chi connectivity index (χ1n) is 4.78. The van der Waals surface area contributed by atoms with Crippen LogP contribution in [0.4, 0.5) is 0 Å². The largest absolute Gasteiger partial charge is 0.508 e. The van der Waals surface area contributed by atoms with Gasteiger partial charge in [-0.15, -0.1) is 0 Å². The second-order valence-electron chi connectivity index (χ2n) is 3.75. The quantitative estimate of drug-likeness (QED) is 0.734. The SMILES string of the molecule is O=C1CC(Cc2cccc(O)c2)CN1. The third-order valence-electron chi connectivity index (χ3n) is 2.50. The molecule has 0 bridgehead atoms. The summed E-state index contributed by atoms with van der Waals surface area (Å²) in [5, 5.41) is 12.1. The van der Waals surface area contributed by atoms with Crippen LogP contribution in [0.1, 0.15) is 12.0 Å². The van der Waals surface area contributed by atoms with Crippen LogP contribution in [0.15, 0.2) is 24.3 Å². The minimum absolute atomic E-state index is 0.134. The number of carbonyl (C=O) groups excluding carboxylic acids is 1. The fraction of sp³-hybridized carbons (Fsp3) is 0.364. The molecule has 1 fully saturated rings. The number of rotatable bonds is 2. The predicted octanol–water partition coefficient (Wildman–Crippen LogP) is 1.07. The van der Waals surface area contributed by atoms with Crippen LogP contribution < -0.4 is 5.32 Å². The number of benzene rings is 1. The van der Waals surface area contributed by atoms with Gasteiger partial charge >= 0.3 is 0 Å². The molecular weight excluding hydrogens is 178 g/mol. The maximum absolute atomic E-state index is 11.0. The topological polar surface area (TPSA) is 49.3 Å². The van der Waals surface area contributed by atoms with Crippen LogP contribution in [-0.2, 0) is 11.2 Å². The number of hydrogen-bond acceptors (Lipinski definition) is 2. The van der Waals surface area contributed by atoms with Crippen molar-refractivity contribution in [2.24, 2.45) is 5.92 Å². The highest BCUT2D eigenvalue weighted by Crippen LogP contribution is 2.18. The highest BCUT2D eigenvalue weighted by Gasteiger charge is 2.21. The smallest absolute Gasteiger partial charge is 0.220 e. The number of hydrogen-bond donors (Lipinski definition) is 2. The zero-order chi connectivity index (χ0) is 9.97. The molecule has 1 heterocycles. The third-order valence-corrected chi connectivity index (χ3v) is 2.50. The molecule has 1 aliphatic rings. The van der Waals surface area contributed by atoms with Crippen molar-refractivity contribution < 1.29 is 9.90 Å². The normalized spacial score (nSPS) is 20.9. The number of carbonyl (C=O) groups is 1. The zero-order valence-corrected chi connectivity index (χ0v) is 7.86. The number of phenols is 1. The van der Waals surface area contributed by atoms with E-state index in [0.29, 0.717) is 18.1 Å². The standard InChI is InChI=1S/C11H13NO2/c13-10-3-1-2-8(5-10)4-9-6-11(14)12-7-9/h1-3,5,9,13H,4,6-7H2,(H,12,14). The van der Waals surface area contributed by atoms with Crippen LogP contribution in [0.25, 0.3) is 0 Å². The molecule has 3 nitrogen and oxygen atoms in total. The minimum atomic E-state index is 0.134. The summed E-state index contributed by atoms with van der Waals surface area (Å²) in [4.78, 5) is 11.0. The van der Waals surface area contributed by atoms with Crippen molar-refractivity contribution in [1.82, 2.24) is 5.32 Å². The van der Waals surface area contributed by atoms with E-state index in [-0.39, 0.29) is 5.91 Å². The van der Waals surface area contributed by atoms with Gasteiger partial charge in [0.1, 0.15) is 5.75 Å². The summed E-state index contributed by atoms with van der Waals surface area (Å²) in [6.45, 7) is 0.758. The Labute approximate surface area is 82.8 Å². The molecule has 1 aromatic carbocycles. The Kier molecular flexibility index (Phi) is 2.39. The molecule has 0 spiro atoms. The Hall–Kier alpha value is -1.51. The summed E-state index contributed by atoms with van der Waals surface area (Å²) in [5.41, 5.74) is 1.09. The van der Waals surface area contributed by atoms with E-state index < -0.39 is 0 Å². The lowest BCUT2D eigenvalue weighted by molar-refractivity contribution is -0.119. The molecule has 1 amide bonds. The van der Waals surface area contributed by atoms with Gasteiger partial charge in [0.15, 0.2) is 0 Å². The van der Waals surface area contributed by atoms with Gasteiger partial charge in [-0.1, -0.05) is 12.1 Å². The molecule has 0 aromatic heterocycles. The summed E-state index contributed by atoms with van der Waals surface area (Å²) in [7, 11) is 0. The molecule has 2 rings (SSSR count). The van der Waals surface area contributed by atoms with E-state index >= 15 is 0 Å². The fourth-order valence-electron chi connectivity index (χ4n) is 1.83. The molecule has 0 aliphatic carbocycles. The molecule has 74 valence electrons. The molecule has 1 aliphatic heterocycles. The number of nitrogens with one attached hydrogen (secondary N) is 1. The van der Waals surface area contributed by atoms with Crippen molar-refractivity contribution in [3.05, 3.63) is 29.8 Å². The summed E-state index contributed by atoms with van der Waals surface area (Å²) in [5.74, 6) is 0.805. The molecular formula is C11H13NO2. The second-order valence-corrected chi connectivity index (χ2v) is 3.75. The molecule has 1 unspecified atom stereocenters. The van der Waals surface area contributed by atoms with Crippen molar-refractivity contribution in [3.8, 4) is 5.75 Å². The molecule has 14 heavy (non-hydrogen) atoms. The van der Waals surface area contributed by atoms with Gasteiger partial charge in [0.2, 0.25) is 5.91 Å². The van der Waals surface area contributed by atoms with E-state index in [2.05, 4.69) is 5.32 Å². The highest BCUT2D eigenvalue weighted by atomic mass is 16.3.